The summed E-state index contributed by atoms with van der Waals surface area (Å²) in [5.41, 5.74) is 4.42. The van der Waals surface area contributed by atoms with Gasteiger partial charge in [0.1, 0.15) is 24.2 Å². The molecule has 0 radical (unpaired) electrons. The van der Waals surface area contributed by atoms with Gasteiger partial charge in [0.2, 0.25) is 17.6 Å². The third kappa shape index (κ3) is 8.44. The number of esters is 1. The third-order valence-corrected chi connectivity index (χ3v) is 10.8. The molecule has 12 nitrogen and oxygen atoms in total. The average Bonchev–Trinajstić information content (AvgIpc) is 3.30. The molecule has 1 saturated heterocycles. The molecule has 49 heavy (non-hydrogen) atoms. The van der Waals surface area contributed by atoms with Gasteiger partial charge in [0, 0.05) is 6.54 Å². The van der Waals surface area contributed by atoms with Crippen molar-refractivity contribution in [2.75, 3.05) is 6.54 Å². The number of carbonyl (C=O) groups excluding carboxylic acids is 6. The zero-order valence-corrected chi connectivity index (χ0v) is 30.4. The van der Waals surface area contributed by atoms with E-state index in [0.717, 1.165) is 24.8 Å². The number of rotatable bonds is 12. The number of nitrogens with one attached hydrogen (secondary N) is 3. The van der Waals surface area contributed by atoms with Crippen LogP contribution in [0.5, 0.6) is 0 Å². The van der Waals surface area contributed by atoms with Crippen LogP contribution in [0.2, 0.25) is 0 Å². The normalized spacial score (nSPS) is 23.9. The number of likely N-dealkylation sites (tertiary alicyclic amines) is 1. The molecule has 12 heteroatoms. The summed E-state index contributed by atoms with van der Waals surface area (Å²) in [5, 5.41) is 8.34. The predicted molar refractivity (Wildman–Crippen MR) is 183 cm³/mol. The minimum atomic E-state index is -1.11. The molecule has 1 aromatic rings. The summed E-state index contributed by atoms with van der Waals surface area (Å²) in [6.45, 7) is 17.0. The number of nitrogens with zero attached hydrogens (tertiary/aromatic N) is 1. The SMILES string of the molecule is C[C@@H](OC(=O)[C@@H](NC(=O)N[C@H](C(=O)N1C[C@H]2[C@@H]([C@H]1C(=O)NC(CC1CCC1)C(=O)C(N)=O)C2(C)C)C(C)(C)C)C(C)(C)C)c1ccccc1. The van der Waals surface area contributed by atoms with Crippen LogP contribution in [0.25, 0.3) is 0 Å². The Labute approximate surface area is 290 Å². The van der Waals surface area contributed by atoms with E-state index >= 15 is 0 Å². The molecule has 0 aromatic heterocycles. The molecule has 270 valence electrons. The van der Waals surface area contributed by atoms with Gasteiger partial charge in [0.15, 0.2) is 0 Å². The van der Waals surface area contributed by atoms with Crippen molar-refractivity contribution in [3.63, 3.8) is 0 Å². The van der Waals surface area contributed by atoms with Crippen LogP contribution >= 0.6 is 0 Å². The lowest BCUT2D eigenvalue weighted by Gasteiger charge is -2.38. The van der Waals surface area contributed by atoms with E-state index in [1.54, 1.807) is 6.92 Å². The molecule has 0 bridgehead atoms. The molecule has 3 aliphatic rings. The molecule has 7 atom stereocenters. The number of amides is 5. The number of hydrogen-bond acceptors (Lipinski definition) is 7. The summed E-state index contributed by atoms with van der Waals surface area (Å²) in [6, 6.07) is 4.48. The number of primary amides is 1. The molecule has 4 rings (SSSR count). The van der Waals surface area contributed by atoms with E-state index in [0.29, 0.717) is 13.0 Å². The Balaban J connectivity index is 1.51. The van der Waals surface area contributed by atoms with E-state index in [1.165, 1.54) is 4.90 Å². The molecular weight excluding hydrogens is 626 g/mol. The van der Waals surface area contributed by atoms with E-state index in [1.807, 2.05) is 85.7 Å². The Hall–Kier alpha value is -3.96. The number of Topliss-reactive ketones (excluding diaryl/α,β-unsaturated/α-hetero) is 1. The lowest BCUT2D eigenvalue weighted by molar-refractivity contribution is -0.153. The van der Waals surface area contributed by atoms with E-state index in [2.05, 4.69) is 16.0 Å². The molecule has 1 aromatic carbocycles. The van der Waals surface area contributed by atoms with Crippen molar-refractivity contribution in [2.24, 2.45) is 39.7 Å². The minimum Gasteiger partial charge on any atom is -0.456 e. The second-order valence-electron chi connectivity index (χ2n) is 16.9. The molecule has 1 unspecified atom stereocenters. The summed E-state index contributed by atoms with van der Waals surface area (Å²) in [4.78, 5) is 81.4. The Bertz CT molecular complexity index is 1440. The maximum absolute atomic E-state index is 14.4. The quantitative estimate of drug-likeness (QED) is 0.192. The van der Waals surface area contributed by atoms with E-state index in [-0.39, 0.29) is 23.2 Å². The summed E-state index contributed by atoms with van der Waals surface area (Å²) in [6.07, 6.45) is 2.61. The average molecular weight is 682 g/mol. The van der Waals surface area contributed by atoms with E-state index in [4.69, 9.17) is 10.5 Å². The summed E-state index contributed by atoms with van der Waals surface area (Å²) >= 11 is 0. The van der Waals surface area contributed by atoms with Crippen molar-refractivity contribution < 1.29 is 33.5 Å². The predicted octanol–water partition coefficient (Wildman–Crippen LogP) is 3.63. The number of hydrogen-bond donors (Lipinski definition) is 4. The first-order chi connectivity index (χ1) is 22.6. The molecule has 3 fully saturated rings. The molecule has 0 spiro atoms. The molecule has 5 amide bonds. The van der Waals surface area contributed by atoms with Gasteiger partial charge in [-0.25, -0.2) is 9.59 Å². The smallest absolute Gasteiger partial charge is 0.329 e. The minimum absolute atomic E-state index is 0.0465. The molecule has 5 N–H and O–H groups in total. The monoisotopic (exact) mass is 681 g/mol. The Morgan fingerprint density at radius 1 is 0.918 bits per heavy atom. The fourth-order valence-electron chi connectivity index (χ4n) is 7.32. The molecule has 1 aliphatic heterocycles. The number of carbonyl (C=O) groups is 6. The van der Waals surface area contributed by atoms with Crippen LogP contribution in [-0.4, -0.2) is 71.1 Å². The second kappa shape index (κ2) is 14.1. The Morgan fingerprint density at radius 3 is 2.00 bits per heavy atom. The maximum Gasteiger partial charge on any atom is 0.329 e. The Kier molecular flexibility index (Phi) is 10.9. The molecule has 1 heterocycles. The number of benzene rings is 1. The van der Waals surface area contributed by atoms with Crippen LogP contribution in [0, 0.1) is 34.0 Å². The molecule has 2 saturated carbocycles. The van der Waals surface area contributed by atoms with Crippen molar-refractivity contribution >= 4 is 35.5 Å². The van der Waals surface area contributed by atoms with E-state index in [9.17, 15) is 28.8 Å². The van der Waals surface area contributed by atoms with Gasteiger partial charge in [0.25, 0.3) is 5.91 Å². The first-order valence-corrected chi connectivity index (χ1v) is 17.4. The fourth-order valence-corrected chi connectivity index (χ4v) is 7.32. The highest BCUT2D eigenvalue weighted by molar-refractivity contribution is 6.37. The largest absolute Gasteiger partial charge is 0.456 e. The maximum atomic E-state index is 14.4. The van der Waals surface area contributed by atoms with Crippen molar-refractivity contribution in [1.82, 2.24) is 20.9 Å². The first-order valence-electron chi connectivity index (χ1n) is 17.4. The Morgan fingerprint density at radius 2 is 1.49 bits per heavy atom. The highest BCUT2D eigenvalue weighted by atomic mass is 16.5. The lowest BCUT2D eigenvalue weighted by Crippen LogP contribution is -2.62. The lowest BCUT2D eigenvalue weighted by atomic mass is 9.80. The van der Waals surface area contributed by atoms with Crippen molar-refractivity contribution in [3.8, 4) is 0 Å². The van der Waals surface area contributed by atoms with E-state index < -0.39 is 76.6 Å². The standard InChI is InChI=1S/C37H55N5O7/c1-20(22-16-11-10-12-17-22)49-33(47)29(36(5,6)7)41-34(48)40-28(35(2,3)4)32(46)42-19-23-25(37(23,8)9)26(42)31(45)39-24(27(43)30(38)44)18-21-14-13-15-21/h10-12,16-17,20-21,23-26,28-29H,13-15,18-19H2,1-9H3,(H2,38,44)(H,39,45)(H2,40,41,48)/t20-,23+,24?,25+,26+,28-,29-/m1/s1. The van der Waals surface area contributed by atoms with Gasteiger partial charge in [-0.3, -0.25) is 19.2 Å². The zero-order chi connectivity index (χ0) is 36.6. The van der Waals surface area contributed by atoms with Gasteiger partial charge in [-0.15, -0.1) is 0 Å². The van der Waals surface area contributed by atoms with Gasteiger partial charge in [-0.1, -0.05) is 105 Å². The van der Waals surface area contributed by atoms with Crippen LogP contribution in [-0.2, 0) is 28.7 Å². The van der Waals surface area contributed by atoms with Gasteiger partial charge in [-0.2, -0.15) is 0 Å². The van der Waals surface area contributed by atoms with Gasteiger partial charge >= 0.3 is 12.0 Å². The fraction of sp³-hybridized carbons (Fsp3) is 0.676. The van der Waals surface area contributed by atoms with Crippen molar-refractivity contribution in [2.45, 2.75) is 118 Å². The topological polar surface area (TPSA) is 177 Å². The summed E-state index contributed by atoms with van der Waals surface area (Å²) in [7, 11) is 0. The highest BCUT2D eigenvalue weighted by Crippen LogP contribution is 2.65. The van der Waals surface area contributed by atoms with Crippen LogP contribution in [0.15, 0.2) is 30.3 Å². The summed E-state index contributed by atoms with van der Waals surface area (Å²) < 4.78 is 5.75. The van der Waals surface area contributed by atoms with Gasteiger partial charge in [0.05, 0.1) is 6.04 Å². The number of piperidine rings is 1. The van der Waals surface area contributed by atoms with Crippen LogP contribution in [0.3, 0.4) is 0 Å². The molecular formula is C37H55N5O7. The summed E-state index contributed by atoms with van der Waals surface area (Å²) in [5.74, 6) is -3.43. The number of ketones is 1. The van der Waals surface area contributed by atoms with Crippen LogP contribution < -0.4 is 21.7 Å². The first kappa shape index (κ1) is 37.9. The third-order valence-electron chi connectivity index (χ3n) is 10.8. The van der Waals surface area contributed by atoms with Gasteiger partial charge in [-0.05, 0) is 52.9 Å². The number of urea groups is 1. The highest BCUT2D eigenvalue weighted by Gasteiger charge is 2.70. The molecule has 2 aliphatic carbocycles. The number of nitrogens with two attached hydrogens (primary N) is 1. The number of ether oxygens (including phenoxy) is 1. The number of fused-ring (bicyclic) bond motifs is 1. The van der Waals surface area contributed by atoms with Gasteiger partial charge < -0.3 is 31.3 Å². The van der Waals surface area contributed by atoms with Crippen molar-refractivity contribution in [3.05, 3.63) is 35.9 Å². The van der Waals surface area contributed by atoms with Crippen LogP contribution in [0.1, 0.15) is 99.7 Å². The zero-order valence-electron chi connectivity index (χ0n) is 30.4. The van der Waals surface area contributed by atoms with Crippen molar-refractivity contribution in [1.29, 1.82) is 0 Å². The van der Waals surface area contributed by atoms with Crippen LogP contribution in [0.4, 0.5) is 4.79 Å². The second-order valence-corrected chi connectivity index (χ2v) is 16.9.